The van der Waals surface area contributed by atoms with E-state index in [2.05, 4.69) is 20.6 Å². The molecule has 31 heavy (non-hydrogen) atoms. The predicted octanol–water partition coefficient (Wildman–Crippen LogP) is 3.27. The molecule has 2 aromatic carbocycles. The van der Waals surface area contributed by atoms with Gasteiger partial charge in [0.1, 0.15) is 11.4 Å². The van der Waals surface area contributed by atoms with E-state index in [1.165, 1.54) is 4.90 Å². The molecule has 0 bridgehead atoms. The predicted molar refractivity (Wildman–Crippen MR) is 117 cm³/mol. The number of hydrogen-bond acceptors (Lipinski definition) is 4. The highest BCUT2D eigenvalue weighted by atomic mass is 16.2. The molecule has 4 rings (SSSR count). The normalized spacial score (nSPS) is 15.4. The summed E-state index contributed by atoms with van der Waals surface area (Å²) < 4.78 is 0. The fourth-order valence-corrected chi connectivity index (χ4v) is 3.66. The first-order chi connectivity index (χ1) is 14.7. The van der Waals surface area contributed by atoms with Crippen molar-refractivity contribution in [2.45, 2.75) is 45.7 Å². The van der Waals surface area contributed by atoms with Gasteiger partial charge in [0.2, 0.25) is 5.91 Å². The van der Waals surface area contributed by atoms with Crippen LogP contribution in [0.5, 0.6) is 0 Å². The zero-order valence-electron chi connectivity index (χ0n) is 17.8. The number of aryl methyl sites for hydroxylation is 2. The van der Waals surface area contributed by atoms with Crippen molar-refractivity contribution in [3.8, 4) is 0 Å². The SMILES string of the molecule is Cc1nc2ccc(CCC(=O)Nc3ccc(CN4C(=O)NC(C)(C)C4=O)cc3)cc2[nH]1. The van der Waals surface area contributed by atoms with Crippen LogP contribution < -0.4 is 10.6 Å². The largest absolute Gasteiger partial charge is 0.342 e. The number of aromatic amines is 1. The van der Waals surface area contributed by atoms with Crippen molar-refractivity contribution in [1.29, 1.82) is 0 Å². The van der Waals surface area contributed by atoms with Crippen LogP contribution in [0.2, 0.25) is 0 Å². The average Bonchev–Trinajstić information content (AvgIpc) is 3.18. The summed E-state index contributed by atoms with van der Waals surface area (Å²) >= 11 is 0. The standard InChI is InChI=1S/C23H25N5O3/c1-14-24-18-10-6-15(12-19(18)25-14)7-11-20(29)26-17-8-4-16(5-9-17)13-28-21(30)23(2,3)27-22(28)31/h4-6,8-10,12H,7,11,13H2,1-3H3,(H,24,25)(H,26,29)(H,27,31). The number of aromatic nitrogens is 2. The molecule has 3 N–H and O–H groups in total. The van der Waals surface area contributed by atoms with Crippen molar-refractivity contribution in [3.63, 3.8) is 0 Å². The first-order valence-electron chi connectivity index (χ1n) is 10.2. The molecule has 3 aromatic rings. The van der Waals surface area contributed by atoms with Crippen molar-refractivity contribution >= 4 is 34.6 Å². The van der Waals surface area contributed by atoms with Gasteiger partial charge < -0.3 is 15.6 Å². The number of urea groups is 1. The van der Waals surface area contributed by atoms with E-state index in [0.717, 1.165) is 28.0 Å². The maximum absolute atomic E-state index is 12.3. The third-order valence-corrected chi connectivity index (χ3v) is 5.33. The summed E-state index contributed by atoms with van der Waals surface area (Å²) in [5.74, 6) is 0.537. The molecule has 1 saturated heterocycles. The lowest BCUT2D eigenvalue weighted by atomic mass is 10.1. The molecule has 160 valence electrons. The summed E-state index contributed by atoms with van der Waals surface area (Å²) in [6, 6.07) is 12.7. The summed E-state index contributed by atoms with van der Waals surface area (Å²) in [6.45, 7) is 5.47. The third-order valence-electron chi connectivity index (χ3n) is 5.33. The lowest BCUT2D eigenvalue weighted by Gasteiger charge is -2.16. The Morgan fingerprint density at radius 2 is 1.81 bits per heavy atom. The zero-order valence-corrected chi connectivity index (χ0v) is 17.8. The molecule has 0 unspecified atom stereocenters. The highest BCUT2D eigenvalue weighted by Gasteiger charge is 2.43. The second-order valence-corrected chi connectivity index (χ2v) is 8.37. The Morgan fingerprint density at radius 3 is 2.48 bits per heavy atom. The smallest absolute Gasteiger partial charge is 0.325 e. The quantitative estimate of drug-likeness (QED) is 0.533. The summed E-state index contributed by atoms with van der Waals surface area (Å²) in [6.07, 6.45) is 0.984. The number of nitrogens with one attached hydrogen (secondary N) is 3. The molecule has 0 radical (unpaired) electrons. The summed E-state index contributed by atoms with van der Waals surface area (Å²) in [4.78, 5) is 45.4. The van der Waals surface area contributed by atoms with E-state index < -0.39 is 11.6 Å². The number of fused-ring (bicyclic) bond motifs is 1. The Hall–Kier alpha value is -3.68. The van der Waals surface area contributed by atoms with Crippen LogP contribution in [0, 0.1) is 6.92 Å². The number of rotatable bonds is 6. The van der Waals surface area contributed by atoms with Crippen LogP contribution in [-0.4, -0.2) is 38.3 Å². The van der Waals surface area contributed by atoms with Gasteiger partial charge in [0.05, 0.1) is 17.6 Å². The van der Waals surface area contributed by atoms with Gasteiger partial charge in [-0.25, -0.2) is 9.78 Å². The highest BCUT2D eigenvalue weighted by Crippen LogP contribution is 2.20. The molecular formula is C23H25N5O3. The number of H-pyrrole nitrogens is 1. The molecule has 1 fully saturated rings. The average molecular weight is 419 g/mol. The fraction of sp³-hybridized carbons (Fsp3) is 0.304. The molecule has 2 heterocycles. The lowest BCUT2D eigenvalue weighted by Crippen LogP contribution is -2.40. The van der Waals surface area contributed by atoms with Crippen LogP contribution in [0.4, 0.5) is 10.5 Å². The van der Waals surface area contributed by atoms with Gasteiger partial charge in [0, 0.05) is 12.1 Å². The second kappa shape index (κ2) is 7.86. The van der Waals surface area contributed by atoms with Crippen LogP contribution in [0.3, 0.4) is 0 Å². The number of nitrogens with zero attached hydrogens (tertiary/aromatic N) is 2. The molecular weight excluding hydrogens is 394 g/mol. The minimum Gasteiger partial charge on any atom is -0.342 e. The van der Waals surface area contributed by atoms with Gasteiger partial charge in [-0.2, -0.15) is 0 Å². The van der Waals surface area contributed by atoms with Crippen molar-refractivity contribution in [1.82, 2.24) is 20.2 Å². The van der Waals surface area contributed by atoms with E-state index in [1.807, 2.05) is 25.1 Å². The van der Waals surface area contributed by atoms with E-state index in [-0.39, 0.29) is 18.4 Å². The molecule has 0 atom stereocenters. The maximum Gasteiger partial charge on any atom is 0.325 e. The Balaban J connectivity index is 1.31. The Bertz CT molecular complexity index is 1160. The van der Waals surface area contributed by atoms with Crippen molar-refractivity contribution < 1.29 is 14.4 Å². The number of carbonyl (C=O) groups is 3. The summed E-state index contributed by atoms with van der Waals surface area (Å²) in [7, 11) is 0. The van der Waals surface area contributed by atoms with E-state index in [1.54, 1.807) is 38.1 Å². The minimum atomic E-state index is -0.883. The van der Waals surface area contributed by atoms with E-state index >= 15 is 0 Å². The number of benzene rings is 2. The second-order valence-electron chi connectivity index (χ2n) is 8.37. The Morgan fingerprint density at radius 1 is 1.10 bits per heavy atom. The van der Waals surface area contributed by atoms with Gasteiger partial charge in [-0.3, -0.25) is 14.5 Å². The van der Waals surface area contributed by atoms with Crippen LogP contribution in [0.1, 0.15) is 37.2 Å². The first kappa shape index (κ1) is 20.6. The van der Waals surface area contributed by atoms with Gasteiger partial charge >= 0.3 is 6.03 Å². The van der Waals surface area contributed by atoms with Crippen LogP contribution in [-0.2, 0) is 22.6 Å². The van der Waals surface area contributed by atoms with Gasteiger partial charge in [-0.15, -0.1) is 0 Å². The number of carbonyl (C=O) groups excluding carboxylic acids is 3. The molecule has 0 saturated carbocycles. The maximum atomic E-state index is 12.3. The van der Waals surface area contributed by atoms with Gasteiger partial charge in [0.15, 0.2) is 0 Å². The topological polar surface area (TPSA) is 107 Å². The number of imidazole rings is 1. The van der Waals surface area contributed by atoms with Crippen molar-refractivity contribution in [3.05, 3.63) is 59.4 Å². The lowest BCUT2D eigenvalue weighted by molar-refractivity contribution is -0.130. The molecule has 1 aliphatic heterocycles. The highest BCUT2D eigenvalue weighted by molar-refractivity contribution is 6.06. The molecule has 0 aliphatic carbocycles. The van der Waals surface area contributed by atoms with E-state index in [9.17, 15) is 14.4 Å². The molecule has 4 amide bonds. The zero-order chi connectivity index (χ0) is 22.2. The third kappa shape index (κ3) is 4.42. The molecule has 1 aromatic heterocycles. The molecule has 8 nitrogen and oxygen atoms in total. The van der Waals surface area contributed by atoms with Gasteiger partial charge in [0.25, 0.3) is 5.91 Å². The van der Waals surface area contributed by atoms with Crippen molar-refractivity contribution in [2.75, 3.05) is 5.32 Å². The van der Waals surface area contributed by atoms with E-state index in [4.69, 9.17) is 0 Å². The minimum absolute atomic E-state index is 0.0792. The van der Waals surface area contributed by atoms with Crippen LogP contribution in [0.25, 0.3) is 11.0 Å². The van der Waals surface area contributed by atoms with Crippen molar-refractivity contribution in [2.24, 2.45) is 0 Å². The summed E-state index contributed by atoms with van der Waals surface area (Å²) in [5.41, 5.74) is 3.56. The van der Waals surface area contributed by atoms with Gasteiger partial charge in [-0.05, 0) is 62.6 Å². The Labute approximate surface area is 180 Å². The first-order valence-corrected chi connectivity index (χ1v) is 10.2. The van der Waals surface area contributed by atoms with Crippen LogP contribution >= 0.6 is 0 Å². The van der Waals surface area contributed by atoms with Crippen LogP contribution in [0.15, 0.2) is 42.5 Å². The number of imide groups is 1. The number of amides is 4. The number of anilines is 1. The molecule has 0 spiro atoms. The summed E-state index contributed by atoms with van der Waals surface area (Å²) in [5, 5.41) is 5.55. The Kier molecular flexibility index (Phi) is 5.22. The number of hydrogen-bond donors (Lipinski definition) is 3. The molecule has 8 heteroatoms. The monoisotopic (exact) mass is 419 g/mol. The van der Waals surface area contributed by atoms with Gasteiger partial charge in [-0.1, -0.05) is 18.2 Å². The fourth-order valence-electron chi connectivity index (χ4n) is 3.66. The molecule has 1 aliphatic rings. The van der Waals surface area contributed by atoms with E-state index in [0.29, 0.717) is 18.5 Å².